The van der Waals surface area contributed by atoms with Gasteiger partial charge < -0.3 is 5.32 Å². The van der Waals surface area contributed by atoms with Gasteiger partial charge >= 0.3 is 6.18 Å². The predicted molar refractivity (Wildman–Crippen MR) is 61.7 cm³/mol. The van der Waals surface area contributed by atoms with Crippen molar-refractivity contribution in [1.82, 2.24) is 5.32 Å². The lowest BCUT2D eigenvalue weighted by Gasteiger charge is -2.23. The number of alkyl halides is 3. The SMILES string of the molecule is CCNC(CCCC(F)(F)F)C(C)S(C)(=O)=O. The predicted octanol–water partition coefficient (Wildman–Crippen LogP) is 2.13. The number of hydrogen-bond acceptors (Lipinski definition) is 3. The van der Waals surface area contributed by atoms with Gasteiger partial charge in [-0.15, -0.1) is 0 Å². The van der Waals surface area contributed by atoms with Crippen LogP contribution in [0.5, 0.6) is 0 Å². The molecule has 0 aromatic rings. The summed E-state index contributed by atoms with van der Waals surface area (Å²) in [6, 6.07) is -0.419. The fourth-order valence-electron chi connectivity index (χ4n) is 1.59. The molecular weight excluding hydrogens is 255 g/mol. The Morgan fingerprint density at radius 2 is 1.82 bits per heavy atom. The monoisotopic (exact) mass is 275 g/mol. The molecule has 0 spiro atoms. The molecule has 0 heterocycles. The van der Waals surface area contributed by atoms with Crippen molar-refractivity contribution < 1.29 is 21.6 Å². The van der Waals surface area contributed by atoms with Gasteiger partial charge in [-0.25, -0.2) is 8.42 Å². The zero-order valence-electron chi connectivity index (χ0n) is 10.3. The van der Waals surface area contributed by atoms with Crippen LogP contribution in [0.3, 0.4) is 0 Å². The Hall–Kier alpha value is -0.300. The smallest absolute Gasteiger partial charge is 0.313 e. The van der Waals surface area contributed by atoms with Crippen LogP contribution in [0.1, 0.15) is 33.1 Å². The van der Waals surface area contributed by atoms with Gasteiger partial charge in [-0.3, -0.25) is 0 Å². The number of nitrogens with one attached hydrogen (secondary N) is 1. The normalized spacial score (nSPS) is 16.8. The third-order valence-electron chi connectivity index (χ3n) is 2.68. The fraction of sp³-hybridized carbons (Fsp3) is 1.00. The summed E-state index contributed by atoms with van der Waals surface area (Å²) < 4.78 is 58.7. The molecule has 2 atom stereocenters. The van der Waals surface area contributed by atoms with Gasteiger partial charge in [0.1, 0.15) is 0 Å². The summed E-state index contributed by atoms with van der Waals surface area (Å²) >= 11 is 0. The molecule has 0 saturated heterocycles. The Labute approximate surface area is 101 Å². The highest BCUT2D eigenvalue weighted by molar-refractivity contribution is 7.91. The van der Waals surface area contributed by atoms with E-state index in [9.17, 15) is 21.6 Å². The van der Waals surface area contributed by atoms with Crippen LogP contribution in [0.4, 0.5) is 13.2 Å². The van der Waals surface area contributed by atoms with Crippen LogP contribution >= 0.6 is 0 Å². The summed E-state index contributed by atoms with van der Waals surface area (Å²) in [5.74, 6) is 0. The van der Waals surface area contributed by atoms with Crippen LogP contribution in [-0.2, 0) is 9.84 Å². The minimum Gasteiger partial charge on any atom is -0.313 e. The second kappa shape index (κ2) is 6.58. The van der Waals surface area contributed by atoms with Crippen LogP contribution < -0.4 is 5.32 Å². The zero-order valence-corrected chi connectivity index (χ0v) is 11.2. The highest BCUT2D eigenvalue weighted by Crippen LogP contribution is 2.23. The first-order valence-electron chi connectivity index (χ1n) is 5.57. The van der Waals surface area contributed by atoms with E-state index in [0.29, 0.717) is 6.54 Å². The molecule has 0 aliphatic carbocycles. The van der Waals surface area contributed by atoms with E-state index in [4.69, 9.17) is 0 Å². The van der Waals surface area contributed by atoms with Crippen molar-refractivity contribution in [2.45, 2.75) is 50.6 Å². The molecule has 0 fully saturated rings. The van der Waals surface area contributed by atoms with E-state index < -0.39 is 33.7 Å². The third-order valence-corrected chi connectivity index (χ3v) is 4.36. The highest BCUT2D eigenvalue weighted by Gasteiger charge is 2.29. The Kier molecular flexibility index (Phi) is 6.47. The van der Waals surface area contributed by atoms with Gasteiger partial charge in [0.15, 0.2) is 9.84 Å². The molecular formula is C10H20F3NO2S. The molecule has 104 valence electrons. The van der Waals surface area contributed by atoms with Crippen LogP contribution in [0.25, 0.3) is 0 Å². The maximum absolute atomic E-state index is 12.0. The van der Waals surface area contributed by atoms with Crippen LogP contribution in [-0.4, -0.2) is 38.7 Å². The van der Waals surface area contributed by atoms with Crippen molar-refractivity contribution in [3.05, 3.63) is 0 Å². The average Bonchev–Trinajstić information content (AvgIpc) is 2.12. The van der Waals surface area contributed by atoms with Gasteiger partial charge in [-0.1, -0.05) is 6.92 Å². The lowest BCUT2D eigenvalue weighted by Crippen LogP contribution is -2.42. The topological polar surface area (TPSA) is 46.2 Å². The standard InChI is InChI=1S/C10H20F3NO2S/c1-4-14-9(8(2)17(3,15)16)6-5-7-10(11,12)13/h8-9,14H,4-7H2,1-3H3. The molecule has 1 N–H and O–H groups in total. The lowest BCUT2D eigenvalue weighted by molar-refractivity contribution is -0.135. The zero-order chi connectivity index (χ0) is 13.7. The van der Waals surface area contributed by atoms with Gasteiger partial charge in [0, 0.05) is 18.7 Å². The molecule has 0 radical (unpaired) electrons. The van der Waals surface area contributed by atoms with Crippen molar-refractivity contribution in [2.24, 2.45) is 0 Å². The molecule has 0 aromatic carbocycles. The minimum absolute atomic E-state index is 0.0545. The molecule has 0 amide bonds. The number of hydrogen-bond donors (Lipinski definition) is 1. The van der Waals surface area contributed by atoms with Gasteiger partial charge in [0.05, 0.1) is 5.25 Å². The van der Waals surface area contributed by atoms with Crippen LogP contribution in [0, 0.1) is 0 Å². The second-order valence-corrected chi connectivity index (χ2v) is 6.61. The van der Waals surface area contributed by atoms with Gasteiger partial charge in [-0.05, 0) is 26.3 Å². The number of halogens is 3. The molecule has 17 heavy (non-hydrogen) atoms. The Bertz CT molecular complexity index is 314. The maximum atomic E-state index is 12.0. The molecule has 0 rings (SSSR count). The summed E-state index contributed by atoms with van der Waals surface area (Å²) in [6.45, 7) is 3.86. The Morgan fingerprint density at radius 3 is 2.18 bits per heavy atom. The van der Waals surface area contributed by atoms with E-state index in [-0.39, 0.29) is 12.8 Å². The summed E-state index contributed by atoms with van der Waals surface area (Å²) in [7, 11) is -3.23. The summed E-state index contributed by atoms with van der Waals surface area (Å²) in [4.78, 5) is 0. The van der Waals surface area contributed by atoms with Crippen molar-refractivity contribution >= 4 is 9.84 Å². The van der Waals surface area contributed by atoms with E-state index in [0.717, 1.165) is 6.26 Å². The number of sulfone groups is 1. The first kappa shape index (κ1) is 16.7. The molecule has 0 saturated carbocycles. The largest absolute Gasteiger partial charge is 0.389 e. The van der Waals surface area contributed by atoms with Crippen molar-refractivity contribution in [3.63, 3.8) is 0 Å². The molecule has 0 aliphatic heterocycles. The van der Waals surface area contributed by atoms with E-state index >= 15 is 0 Å². The summed E-state index contributed by atoms with van der Waals surface area (Å²) in [5, 5.41) is 2.26. The first-order chi connectivity index (χ1) is 7.58. The quantitative estimate of drug-likeness (QED) is 0.774. The summed E-state index contributed by atoms with van der Waals surface area (Å²) in [6.07, 6.45) is -3.79. The summed E-state index contributed by atoms with van der Waals surface area (Å²) in [5.41, 5.74) is 0. The second-order valence-electron chi connectivity index (χ2n) is 4.21. The van der Waals surface area contributed by atoms with E-state index in [2.05, 4.69) is 5.32 Å². The highest BCUT2D eigenvalue weighted by atomic mass is 32.2. The van der Waals surface area contributed by atoms with Crippen molar-refractivity contribution in [1.29, 1.82) is 0 Å². The molecule has 2 unspecified atom stereocenters. The first-order valence-corrected chi connectivity index (χ1v) is 7.52. The minimum atomic E-state index is -4.18. The van der Waals surface area contributed by atoms with Crippen LogP contribution in [0.2, 0.25) is 0 Å². The fourth-order valence-corrected chi connectivity index (χ4v) is 2.41. The van der Waals surface area contributed by atoms with E-state index in [1.807, 2.05) is 0 Å². The van der Waals surface area contributed by atoms with Gasteiger partial charge in [0.2, 0.25) is 0 Å². The van der Waals surface area contributed by atoms with Crippen LogP contribution in [0.15, 0.2) is 0 Å². The Balaban J connectivity index is 4.35. The van der Waals surface area contributed by atoms with E-state index in [1.54, 1.807) is 6.92 Å². The average molecular weight is 275 g/mol. The molecule has 7 heteroatoms. The van der Waals surface area contributed by atoms with E-state index in [1.165, 1.54) is 6.92 Å². The molecule has 0 bridgehead atoms. The Morgan fingerprint density at radius 1 is 1.29 bits per heavy atom. The third kappa shape index (κ3) is 7.59. The van der Waals surface area contributed by atoms with Crippen molar-refractivity contribution in [3.8, 4) is 0 Å². The number of rotatable bonds is 7. The molecule has 3 nitrogen and oxygen atoms in total. The molecule has 0 aliphatic rings. The van der Waals surface area contributed by atoms with Gasteiger partial charge in [0.25, 0.3) is 0 Å². The molecule has 0 aromatic heterocycles. The maximum Gasteiger partial charge on any atom is 0.389 e. The van der Waals surface area contributed by atoms with Crippen molar-refractivity contribution in [2.75, 3.05) is 12.8 Å². The van der Waals surface area contributed by atoms with Gasteiger partial charge in [-0.2, -0.15) is 13.2 Å². The lowest BCUT2D eigenvalue weighted by atomic mass is 10.1.